The van der Waals surface area contributed by atoms with Gasteiger partial charge >= 0.3 is 0 Å². The van der Waals surface area contributed by atoms with Gasteiger partial charge in [-0.15, -0.1) is 24.8 Å². The van der Waals surface area contributed by atoms with Crippen LogP contribution in [0.25, 0.3) is 0 Å². The van der Waals surface area contributed by atoms with Crippen LogP contribution < -0.4 is 15.4 Å². The number of carbonyl (C=O) groups is 1. The molecule has 0 aliphatic carbocycles. The Hall–Kier alpha value is -1.84. The molecule has 1 aromatic heterocycles. The van der Waals surface area contributed by atoms with Gasteiger partial charge in [0.25, 0.3) is 0 Å². The van der Waals surface area contributed by atoms with Crippen molar-refractivity contribution in [2.24, 2.45) is 7.05 Å². The number of rotatable bonds is 9. The second-order valence-electron chi connectivity index (χ2n) is 6.80. The predicted molar refractivity (Wildman–Crippen MR) is 121 cm³/mol. The van der Waals surface area contributed by atoms with Gasteiger partial charge in [-0.25, -0.2) is 0 Å². The van der Waals surface area contributed by atoms with E-state index >= 15 is 0 Å². The van der Waals surface area contributed by atoms with E-state index in [9.17, 15) is 4.79 Å². The molecule has 30 heavy (non-hydrogen) atoms. The molecule has 1 saturated heterocycles. The number of hydrogen-bond acceptors (Lipinski definition) is 6. The third kappa shape index (κ3) is 7.45. The van der Waals surface area contributed by atoms with Crippen molar-refractivity contribution in [2.45, 2.75) is 12.6 Å². The molecule has 2 aromatic rings. The van der Waals surface area contributed by atoms with Crippen LogP contribution in [-0.4, -0.2) is 67.1 Å². The Labute approximate surface area is 190 Å². The van der Waals surface area contributed by atoms with E-state index in [1.165, 1.54) is 0 Å². The molecule has 1 aliphatic heterocycles. The highest BCUT2D eigenvalue weighted by atomic mass is 35.5. The lowest BCUT2D eigenvalue weighted by molar-refractivity contribution is -0.123. The van der Waals surface area contributed by atoms with Gasteiger partial charge in [-0.1, -0.05) is 18.2 Å². The van der Waals surface area contributed by atoms with Gasteiger partial charge in [-0.3, -0.25) is 14.4 Å². The first-order chi connectivity index (χ1) is 13.7. The maximum absolute atomic E-state index is 12.6. The van der Waals surface area contributed by atoms with Crippen LogP contribution in [-0.2, 0) is 23.1 Å². The monoisotopic (exact) mass is 459 g/mol. The lowest BCUT2D eigenvalue weighted by atomic mass is 10.1. The molecule has 2 heterocycles. The van der Waals surface area contributed by atoms with E-state index in [4.69, 9.17) is 9.47 Å². The lowest BCUT2D eigenvalue weighted by Gasteiger charge is -2.26. The van der Waals surface area contributed by atoms with Crippen molar-refractivity contribution in [2.75, 3.05) is 46.5 Å². The molecule has 0 spiro atoms. The van der Waals surface area contributed by atoms with Gasteiger partial charge in [0, 0.05) is 50.6 Å². The quantitative estimate of drug-likeness (QED) is 0.591. The summed E-state index contributed by atoms with van der Waals surface area (Å²) in [5.41, 5.74) is 1.79. The van der Waals surface area contributed by atoms with Crippen LogP contribution in [0.3, 0.4) is 0 Å². The molecule has 8 nitrogen and oxygen atoms in total. The maximum Gasteiger partial charge on any atom is 0.242 e. The van der Waals surface area contributed by atoms with Gasteiger partial charge in [0.2, 0.25) is 5.91 Å². The zero-order chi connectivity index (χ0) is 19.8. The summed E-state index contributed by atoms with van der Waals surface area (Å²) in [6.07, 6.45) is 3.53. The maximum atomic E-state index is 12.6. The summed E-state index contributed by atoms with van der Waals surface area (Å²) in [7, 11) is 3.60. The summed E-state index contributed by atoms with van der Waals surface area (Å²) >= 11 is 0. The number of benzene rings is 1. The first kappa shape index (κ1) is 26.2. The van der Waals surface area contributed by atoms with Crippen LogP contribution in [0.5, 0.6) is 5.75 Å². The van der Waals surface area contributed by atoms with Crippen LogP contribution in [0.15, 0.2) is 36.7 Å². The van der Waals surface area contributed by atoms with Gasteiger partial charge in [0.1, 0.15) is 18.4 Å². The summed E-state index contributed by atoms with van der Waals surface area (Å²) in [6, 6.07) is 7.37. The van der Waals surface area contributed by atoms with E-state index in [1.807, 2.05) is 37.5 Å². The number of ether oxygens (including phenoxy) is 2. The number of para-hydroxylation sites is 1. The molecule has 1 aliphatic rings. The molecule has 1 amide bonds. The zero-order valence-electron chi connectivity index (χ0n) is 17.4. The second-order valence-corrected chi connectivity index (χ2v) is 6.80. The summed E-state index contributed by atoms with van der Waals surface area (Å²) in [5.74, 6) is 0.706. The number of morpholine rings is 1. The van der Waals surface area contributed by atoms with Gasteiger partial charge in [-0.2, -0.15) is 5.10 Å². The highest BCUT2D eigenvalue weighted by Gasteiger charge is 2.20. The molecule has 3 rings (SSSR count). The van der Waals surface area contributed by atoms with Crippen LogP contribution in [0.4, 0.5) is 0 Å². The summed E-state index contributed by atoms with van der Waals surface area (Å²) in [4.78, 5) is 15.0. The topological polar surface area (TPSA) is 80.7 Å². The Kier molecular flexibility index (Phi) is 11.8. The minimum atomic E-state index is -0.442. The Morgan fingerprint density at radius 2 is 2.00 bits per heavy atom. The van der Waals surface area contributed by atoms with Crippen molar-refractivity contribution in [3.05, 3.63) is 47.8 Å². The van der Waals surface area contributed by atoms with Gasteiger partial charge in [0.15, 0.2) is 0 Å². The van der Waals surface area contributed by atoms with Crippen LogP contribution in [0.1, 0.15) is 17.2 Å². The molecule has 1 aromatic carbocycles. The fraction of sp³-hybridized carbons (Fsp3) is 0.500. The molecule has 1 fully saturated rings. The number of aryl methyl sites for hydroxylation is 1. The Morgan fingerprint density at radius 3 is 2.67 bits per heavy atom. The second kappa shape index (κ2) is 13.5. The normalized spacial score (nSPS) is 14.9. The molecular weight excluding hydrogens is 429 g/mol. The van der Waals surface area contributed by atoms with Crippen molar-refractivity contribution in [3.63, 3.8) is 0 Å². The molecule has 1 atom stereocenters. The Balaban J connectivity index is 0.00000225. The minimum Gasteiger partial charge on any atom is -0.492 e. The molecule has 1 unspecified atom stereocenters. The van der Waals surface area contributed by atoms with Crippen LogP contribution in [0.2, 0.25) is 0 Å². The van der Waals surface area contributed by atoms with Crippen molar-refractivity contribution in [1.29, 1.82) is 0 Å². The largest absolute Gasteiger partial charge is 0.492 e. The van der Waals surface area contributed by atoms with Gasteiger partial charge in [0.05, 0.1) is 19.4 Å². The van der Waals surface area contributed by atoms with E-state index in [-0.39, 0.29) is 30.7 Å². The highest BCUT2D eigenvalue weighted by molar-refractivity contribution is 5.85. The first-order valence-electron chi connectivity index (χ1n) is 9.61. The predicted octanol–water partition coefficient (Wildman–Crippen LogP) is 1.55. The van der Waals surface area contributed by atoms with Crippen molar-refractivity contribution in [3.8, 4) is 5.75 Å². The number of likely N-dealkylation sites (N-methyl/N-ethyl adjacent to an activating group) is 1. The molecule has 168 valence electrons. The summed E-state index contributed by atoms with van der Waals surface area (Å²) in [6.45, 7) is 5.34. The van der Waals surface area contributed by atoms with Crippen LogP contribution >= 0.6 is 24.8 Å². The molecule has 0 saturated carbocycles. The number of nitrogens with one attached hydrogen (secondary N) is 2. The standard InChI is InChI=1S/C20H29N5O3.2ClH/c1-21-19(17-14-23-24(2)15-17)20(26)22-13-16-5-3-4-6-18(16)28-12-9-25-7-10-27-11-8-25;;/h3-6,14-15,19,21H,7-13H2,1-2H3,(H,22,26);2*1H. The number of hydrogen-bond donors (Lipinski definition) is 2. The Bertz CT molecular complexity index is 768. The third-order valence-corrected chi connectivity index (χ3v) is 4.80. The minimum absolute atomic E-state index is 0. The average Bonchev–Trinajstić information content (AvgIpc) is 3.14. The average molecular weight is 460 g/mol. The first-order valence-corrected chi connectivity index (χ1v) is 9.61. The fourth-order valence-corrected chi connectivity index (χ4v) is 3.22. The van der Waals surface area contributed by atoms with E-state index < -0.39 is 6.04 Å². The number of aromatic nitrogens is 2. The third-order valence-electron chi connectivity index (χ3n) is 4.80. The molecule has 0 bridgehead atoms. The number of carbonyl (C=O) groups excluding carboxylic acids is 1. The number of halogens is 2. The lowest BCUT2D eigenvalue weighted by Crippen LogP contribution is -2.38. The summed E-state index contributed by atoms with van der Waals surface area (Å²) < 4.78 is 13.0. The molecule has 10 heteroatoms. The van der Waals surface area contributed by atoms with Gasteiger partial charge < -0.3 is 20.1 Å². The smallest absolute Gasteiger partial charge is 0.242 e. The number of nitrogens with zero attached hydrogens (tertiary/aromatic N) is 3. The van der Waals surface area contributed by atoms with E-state index in [0.29, 0.717) is 13.2 Å². The molecule has 0 radical (unpaired) electrons. The molecule has 2 N–H and O–H groups in total. The SMILES string of the molecule is CNC(C(=O)NCc1ccccc1OCCN1CCOCC1)c1cnn(C)c1.Cl.Cl. The van der Waals surface area contributed by atoms with Crippen LogP contribution in [0, 0.1) is 0 Å². The van der Waals surface area contributed by atoms with E-state index in [0.717, 1.165) is 49.7 Å². The van der Waals surface area contributed by atoms with E-state index in [2.05, 4.69) is 20.6 Å². The van der Waals surface area contributed by atoms with E-state index in [1.54, 1.807) is 17.9 Å². The molecular formula is C20H31Cl2N5O3. The van der Waals surface area contributed by atoms with Crippen molar-refractivity contribution >= 4 is 30.7 Å². The van der Waals surface area contributed by atoms with Gasteiger partial charge in [-0.05, 0) is 13.1 Å². The fourth-order valence-electron chi connectivity index (χ4n) is 3.22. The van der Waals surface area contributed by atoms with Crippen molar-refractivity contribution < 1.29 is 14.3 Å². The summed E-state index contributed by atoms with van der Waals surface area (Å²) in [5, 5.41) is 10.2. The van der Waals surface area contributed by atoms with Crippen molar-refractivity contribution in [1.82, 2.24) is 25.3 Å². The Morgan fingerprint density at radius 1 is 1.27 bits per heavy atom. The highest BCUT2D eigenvalue weighted by Crippen LogP contribution is 2.18. The number of amides is 1. The zero-order valence-corrected chi connectivity index (χ0v) is 19.0.